The van der Waals surface area contributed by atoms with Crippen molar-refractivity contribution in [1.29, 1.82) is 0 Å². The molecule has 0 radical (unpaired) electrons. The number of benzene rings is 1. The number of phenolic OH excluding ortho intramolecular Hbond substituents is 1. The molecule has 1 aromatic rings. The molecular formula is C18H21BrO2. The Hall–Kier alpha value is -0.830. The largest absolute Gasteiger partial charge is 0.508 e. The number of Topliss-reactive ketones (excluding diaryl/α,β-unsaturated/α-hetero) is 1. The van der Waals surface area contributed by atoms with Gasteiger partial charge in [0, 0.05) is 5.41 Å². The fourth-order valence-corrected chi connectivity index (χ4v) is 6.24. The molecule has 0 saturated heterocycles. The Balaban J connectivity index is 1.73. The number of phenols is 1. The van der Waals surface area contributed by atoms with Gasteiger partial charge < -0.3 is 5.11 Å². The summed E-state index contributed by atoms with van der Waals surface area (Å²) in [6.45, 7) is 2.20. The molecule has 0 aliphatic heterocycles. The minimum absolute atomic E-state index is 0.0625. The fraction of sp³-hybridized carbons (Fsp3) is 0.611. The van der Waals surface area contributed by atoms with Crippen molar-refractivity contribution in [3.8, 4) is 5.75 Å². The zero-order valence-electron chi connectivity index (χ0n) is 12.3. The van der Waals surface area contributed by atoms with E-state index in [1.54, 1.807) is 0 Å². The van der Waals surface area contributed by atoms with Crippen molar-refractivity contribution in [2.45, 2.75) is 49.8 Å². The molecule has 21 heavy (non-hydrogen) atoms. The van der Waals surface area contributed by atoms with Crippen molar-refractivity contribution in [2.24, 2.45) is 17.3 Å². The van der Waals surface area contributed by atoms with Gasteiger partial charge in [-0.2, -0.15) is 0 Å². The normalized spacial score (nSPS) is 41.3. The van der Waals surface area contributed by atoms with Gasteiger partial charge in [0.2, 0.25) is 0 Å². The number of rotatable bonds is 0. The molecule has 1 aromatic carbocycles. The lowest BCUT2D eigenvalue weighted by Crippen LogP contribution is -2.42. The van der Waals surface area contributed by atoms with E-state index in [9.17, 15) is 9.90 Å². The molecule has 0 spiro atoms. The van der Waals surface area contributed by atoms with E-state index >= 15 is 0 Å². The first kappa shape index (κ1) is 13.8. The molecule has 2 fully saturated rings. The highest BCUT2D eigenvalue weighted by Crippen LogP contribution is 2.60. The molecular weight excluding hydrogens is 328 g/mol. The molecule has 0 heterocycles. The van der Waals surface area contributed by atoms with Crippen molar-refractivity contribution in [2.75, 3.05) is 0 Å². The van der Waals surface area contributed by atoms with Crippen LogP contribution in [0.2, 0.25) is 0 Å². The Bertz CT molecular complexity index is 611. The average molecular weight is 349 g/mol. The van der Waals surface area contributed by atoms with E-state index in [2.05, 4.69) is 28.9 Å². The van der Waals surface area contributed by atoms with Crippen molar-refractivity contribution >= 4 is 21.7 Å². The SMILES string of the molecule is C[C@]12CC[C@@H]3c4ccc(O)cc4CC[C@H]3[C@@H]1CC(Br)C2=O. The van der Waals surface area contributed by atoms with E-state index < -0.39 is 0 Å². The highest BCUT2D eigenvalue weighted by molar-refractivity contribution is 9.10. The fourth-order valence-electron chi connectivity index (χ4n) is 5.32. The number of hydrogen-bond acceptors (Lipinski definition) is 2. The van der Waals surface area contributed by atoms with Gasteiger partial charge in [0.15, 0.2) is 5.78 Å². The highest BCUT2D eigenvalue weighted by atomic mass is 79.9. The van der Waals surface area contributed by atoms with Gasteiger partial charge in [-0.25, -0.2) is 0 Å². The van der Waals surface area contributed by atoms with Gasteiger partial charge in [0.25, 0.3) is 0 Å². The first-order valence-electron chi connectivity index (χ1n) is 8.01. The third kappa shape index (κ3) is 1.86. The molecule has 4 rings (SSSR count). The Morgan fingerprint density at radius 2 is 2.14 bits per heavy atom. The summed E-state index contributed by atoms with van der Waals surface area (Å²) in [6, 6.07) is 5.88. The number of carbonyl (C=O) groups is 1. The molecule has 112 valence electrons. The molecule has 1 unspecified atom stereocenters. The Kier molecular flexibility index (Phi) is 3.01. The van der Waals surface area contributed by atoms with Crippen molar-refractivity contribution < 1.29 is 9.90 Å². The summed E-state index contributed by atoms with van der Waals surface area (Å²) in [5, 5.41) is 9.69. The molecule has 2 nitrogen and oxygen atoms in total. The van der Waals surface area contributed by atoms with Crippen molar-refractivity contribution in [3.05, 3.63) is 29.3 Å². The molecule has 0 aromatic heterocycles. The van der Waals surface area contributed by atoms with Crippen LogP contribution < -0.4 is 0 Å². The maximum absolute atomic E-state index is 12.5. The number of carbonyl (C=O) groups excluding carboxylic acids is 1. The van der Waals surface area contributed by atoms with Crippen LogP contribution in [0.25, 0.3) is 0 Å². The average Bonchev–Trinajstić information content (AvgIpc) is 2.70. The number of hydrogen-bond donors (Lipinski definition) is 1. The smallest absolute Gasteiger partial charge is 0.152 e. The maximum Gasteiger partial charge on any atom is 0.152 e. The molecule has 3 aliphatic rings. The van der Waals surface area contributed by atoms with Crippen LogP contribution in [-0.4, -0.2) is 15.7 Å². The number of halogens is 1. The number of fused-ring (bicyclic) bond motifs is 5. The second-order valence-electron chi connectivity index (χ2n) is 7.32. The van der Waals surface area contributed by atoms with Gasteiger partial charge in [-0.05, 0) is 73.1 Å². The molecule has 5 atom stereocenters. The lowest BCUT2D eigenvalue weighted by molar-refractivity contribution is -0.128. The first-order chi connectivity index (χ1) is 10.0. The standard InChI is InChI=1S/C18H21BrO2/c1-18-7-6-13-12-5-3-11(20)8-10(12)2-4-14(13)15(18)9-16(19)17(18)21/h3,5,8,13-16,20H,2,4,6-7,9H2,1H3/t13-,14-,15+,16?,18+/m1/s1. The second kappa shape index (κ2) is 4.58. The van der Waals surface area contributed by atoms with Gasteiger partial charge >= 0.3 is 0 Å². The van der Waals surface area contributed by atoms with E-state index in [-0.39, 0.29) is 10.2 Å². The first-order valence-corrected chi connectivity index (χ1v) is 8.92. The topological polar surface area (TPSA) is 37.3 Å². The third-order valence-electron chi connectivity index (χ3n) is 6.41. The summed E-state index contributed by atoms with van der Waals surface area (Å²) in [5.74, 6) is 2.55. The summed E-state index contributed by atoms with van der Waals surface area (Å²) in [6.07, 6.45) is 5.33. The van der Waals surface area contributed by atoms with Crippen LogP contribution in [-0.2, 0) is 11.2 Å². The van der Waals surface area contributed by atoms with Gasteiger partial charge in [-0.1, -0.05) is 28.9 Å². The third-order valence-corrected chi connectivity index (χ3v) is 7.20. The van der Waals surface area contributed by atoms with Crippen molar-refractivity contribution in [3.63, 3.8) is 0 Å². The Morgan fingerprint density at radius 1 is 1.33 bits per heavy atom. The van der Waals surface area contributed by atoms with Crippen LogP contribution in [0.5, 0.6) is 5.75 Å². The lowest BCUT2D eigenvalue weighted by Gasteiger charge is -2.48. The number of ketones is 1. The Morgan fingerprint density at radius 3 is 2.95 bits per heavy atom. The van der Waals surface area contributed by atoms with E-state index in [4.69, 9.17) is 0 Å². The van der Waals surface area contributed by atoms with E-state index in [0.29, 0.717) is 29.3 Å². The summed E-state index contributed by atoms with van der Waals surface area (Å²) in [4.78, 5) is 12.6. The van der Waals surface area contributed by atoms with Crippen LogP contribution in [0.1, 0.15) is 49.7 Å². The van der Waals surface area contributed by atoms with Gasteiger partial charge in [-0.15, -0.1) is 0 Å². The van der Waals surface area contributed by atoms with Crippen molar-refractivity contribution in [1.82, 2.24) is 0 Å². The Labute approximate surface area is 134 Å². The molecule has 2 saturated carbocycles. The summed E-state index contributed by atoms with van der Waals surface area (Å²) in [5.41, 5.74) is 2.64. The number of aryl methyl sites for hydroxylation is 1. The van der Waals surface area contributed by atoms with Crippen LogP contribution in [0.3, 0.4) is 0 Å². The zero-order valence-corrected chi connectivity index (χ0v) is 13.9. The monoisotopic (exact) mass is 348 g/mol. The molecule has 0 amide bonds. The minimum atomic E-state index is -0.107. The summed E-state index contributed by atoms with van der Waals surface area (Å²) in [7, 11) is 0. The van der Waals surface area contributed by atoms with Crippen LogP contribution in [0.4, 0.5) is 0 Å². The van der Waals surface area contributed by atoms with E-state index in [1.165, 1.54) is 11.1 Å². The lowest BCUT2D eigenvalue weighted by atomic mass is 9.55. The number of alkyl halides is 1. The van der Waals surface area contributed by atoms with Crippen LogP contribution >= 0.6 is 15.9 Å². The van der Waals surface area contributed by atoms with Crippen LogP contribution in [0, 0.1) is 17.3 Å². The predicted molar refractivity (Wildman–Crippen MR) is 85.8 cm³/mol. The highest BCUT2D eigenvalue weighted by Gasteiger charge is 2.57. The molecule has 3 heteroatoms. The number of aromatic hydroxyl groups is 1. The predicted octanol–water partition coefficient (Wildman–Crippen LogP) is 4.19. The van der Waals surface area contributed by atoms with Gasteiger partial charge in [-0.3, -0.25) is 4.79 Å². The van der Waals surface area contributed by atoms with E-state index in [0.717, 1.165) is 32.1 Å². The summed E-state index contributed by atoms with van der Waals surface area (Å²) >= 11 is 3.60. The molecule has 1 N–H and O–H groups in total. The van der Waals surface area contributed by atoms with Gasteiger partial charge in [0.05, 0.1) is 4.83 Å². The van der Waals surface area contributed by atoms with Gasteiger partial charge in [0.1, 0.15) is 5.75 Å². The molecule has 3 aliphatic carbocycles. The minimum Gasteiger partial charge on any atom is -0.508 e. The molecule has 0 bridgehead atoms. The second-order valence-corrected chi connectivity index (χ2v) is 8.43. The van der Waals surface area contributed by atoms with Crippen LogP contribution in [0.15, 0.2) is 18.2 Å². The van der Waals surface area contributed by atoms with E-state index in [1.807, 2.05) is 12.1 Å². The quantitative estimate of drug-likeness (QED) is 0.713. The zero-order chi connectivity index (χ0) is 14.8. The summed E-state index contributed by atoms with van der Waals surface area (Å²) < 4.78 is 0. The maximum atomic E-state index is 12.5.